The molecule has 1 fully saturated rings. The van der Waals surface area contributed by atoms with E-state index in [1.165, 1.54) is 11.3 Å². The Kier molecular flexibility index (Phi) is 5.49. The number of aliphatic carboxylic acids is 1. The van der Waals surface area contributed by atoms with Crippen LogP contribution in [-0.2, 0) is 4.79 Å². The standard InChI is InChI=1S/C16H23NO2S/c1-3-13-6-4-5-11-17(13)15(16(18)19)12-7-9-14(20-2)10-8-12/h7-10,13,15H,3-6,11H2,1-2H3,(H,18,19). The second-order valence-electron chi connectivity index (χ2n) is 5.31. The number of carboxylic acid groups (broad SMARTS) is 1. The second-order valence-corrected chi connectivity index (χ2v) is 6.19. The first-order valence-electron chi connectivity index (χ1n) is 7.30. The zero-order valence-corrected chi connectivity index (χ0v) is 13.0. The Morgan fingerprint density at radius 3 is 2.65 bits per heavy atom. The van der Waals surface area contributed by atoms with Gasteiger partial charge in [0.15, 0.2) is 0 Å². The summed E-state index contributed by atoms with van der Waals surface area (Å²) >= 11 is 1.68. The SMILES string of the molecule is CCC1CCCCN1C(C(=O)O)c1ccc(SC)cc1. The van der Waals surface area contributed by atoms with Crippen molar-refractivity contribution < 1.29 is 9.90 Å². The molecule has 0 bridgehead atoms. The quantitative estimate of drug-likeness (QED) is 0.838. The molecule has 3 nitrogen and oxygen atoms in total. The van der Waals surface area contributed by atoms with Crippen molar-refractivity contribution in [2.75, 3.05) is 12.8 Å². The number of piperidine rings is 1. The van der Waals surface area contributed by atoms with Crippen molar-refractivity contribution in [3.8, 4) is 0 Å². The number of carbonyl (C=O) groups is 1. The van der Waals surface area contributed by atoms with Gasteiger partial charge in [-0.15, -0.1) is 11.8 Å². The van der Waals surface area contributed by atoms with E-state index < -0.39 is 12.0 Å². The van der Waals surface area contributed by atoms with Gasteiger partial charge in [-0.2, -0.15) is 0 Å². The summed E-state index contributed by atoms with van der Waals surface area (Å²) in [5, 5.41) is 9.67. The lowest BCUT2D eigenvalue weighted by molar-refractivity contribution is -0.145. The van der Waals surface area contributed by atoms with Gasteiger partial charge < -0.3 is 5.11 Å². The van der Waals surface area contributed by atoms with E-state index in [9.17, 15) is 9.90 Å². The van der Waals surface area contributed by atoms with Crippen LogP contribution in [0.4, 0.5) is 0 Å². The van der Waals surface area contributed by atoms with E-state index in [0.717, 1.165) is 31.4 Å². The van der Waals surface area contributed by atoms with Crippen molar-refractivity contribution in [1.29, 1.82) is 0 Å². The summed E-state index contributed by atoms with van der Waals surface area (Å²) in [6.07, 6.45) is 6.48. The Labute approximate surface area is 125 Å². The van der Waals surface area contributed by atoms with E-state index in [2.05, 4.69) is 11.8 Å². The summed E-state index contributed by atoms with van der Waals surface area (Å²) in [4.78, 5) is 15.1. The summed E-state index contributed by atoms with van der Waals surface area (Å²) < 4.78 is 0. The van der Waals surface area contributed by atoms with Gasteiger partial charge in [0.1, 0.15) is 6.04 Å². The minimum Gasteiger partial charge on any atom is -0.480 e. The Bertz CT molecular complexity index is 446. The zero-order chi connectivity index (χ0) is 14.5. The number of hydrogen-bond acceptors (Lipinski definition) is 3. The van der Waals surface area contributed by atoms with Crippen molar-refractivity contribution >= 4 is 17.7 Å². The predicted molar refractivity (Wildman–Crippen MR) is 83.2 cm³/mol. The highest BCUT2D eigenvalue weighted by molar-refractivity contribution is 7.98. The number of rotatable bonds is 5. The molecule has 1 aromatic carbocycles. The van der Waals surface area contributed by atoms with Crippen molar-refractivity contribution in [1.82, 2.24) is 4.90 Å². The summed E-state index contributed by atoms with van der Waals surface area (Å²) in [6.45, 7) is 3.04. The van der Waals surface area contributed by atoms with Gasteiger partial charge in [0.2, 0.25) is 0 Å². The lowest BCUT2D eigenvalue weighted by atomic mass is 9.95. The maximum Gasteiger partial charge on any atom is 0.325 e. The van der Waals surface area contributed by atoms with E-state index in [0.29, 0.717) is 6.04 Å². The van der Waals surface area contributed by atoms with Crippen molar-refractivity contribution in [3.05, 3.63) is 29.8 Å². The number of hydrogen-bond donors (Lipinski definition) is 1. The fourth-order valence-corrected chi connectivity index (χ4v) is 3.47. The average Bonchev–Trinajstić information content (AvgIpc) is 2.48. The van der Waals surface area contributed by atoms with Crippen LogP contribution in [0.3, 0.4) is 0 Å². The van der Waals surface area contributed by atoms with Gasteiger partial charge in [-0.3, -0.25) is 9.69 Å². The lowest BCUT2D eigenvalue weighted by Gasteiger charge is -2.39. The summed E-state index contributed by atoms with van der Waals surface area (Å²) in [5.74, 6) is -0.734. The zero-order valence-electron chi connectivity index (χ0n) is 12.2. The molecule has 1 aliphatic rings. The first-order chi connectivity index (χ1) is 9.67. The number of carboxylic acids is 1. The molecule has 1 aliphatic heterocycles. The number of likely N-dealkylation sites (tertiary alicyclic amines) is 1. The maximum atomic E-state index is 11.8. The molecule has 0 radical (unpaired) electrons. The summed E-state index contributed by atoms with van der Waals surface area (Å²) in [7, 11) is 0. The third-order valence-corrected chi connectivity index (χ3v) is 4.88. The van der Waals surface area contributed by atoms with Crippen LogP contribution in [0.5, 0.6) is 0 Å². The summed E-state index contributed by atoms with van der Waals surface area (Å²) in [5.41, 5.74) is 0.899. The summed E-state index contributed by atoms with van der Waals surface area (Å²) in [6, 6.07) is 7.85. The lowest BCUT2D eigenvalue weighted by Crippen LogP contribution is -2.44. The van der Waals surface area contributed by atoms with E-state index in [1.807, 2.05) is 30.5 Å². The van der Waals surface area contributed by atoms with Gasteiger partial charge in [0, 0.05) is 10.9 Å². The van der Waals surface area contributed by atoms with Gasteiger partial charge in [-0.05, 0) is 49.8 Å². The van der Waals surface area contributed by atoms with Crippen LogP contribution >= 0.6 is 11.8 Å². The number of nitrogens with zero attached hydrogens (tertiary/aromatic N) is 1. The molecule has 2 rings (SSSR count). The Morgan fingerprint density at radius 2 is 2.10 bits per heavy atom. The fourth-order valence-electron chi connectivity index (χ4n) is 3.06. The molecule has 20 heavy (non-hydrogen) atoms. The van der Waals surface area contributed by atoms with Crippen molar-refractivity contribution in [2.24, 2.45) is 0 Å². The second kappa shape index (κ2) is 7.14. The molecule has 1 saturated heterocycles. The maximum absolute atomic E-state index is 11.8. The van der Waals surface area contributed by atoms with E-state index in [-0.39, 0.29) is 0 Å². The van der Waals surface area contributed by atoms with E-state index >= 15 is 0 Å². The largest absolute Gasteiger partial charge is 0.480 e. The molecular weight excluding hydrogens is 270 g/mol. The van der Waals surface area contributed by atoms with Gasteiger partial charge in [0.05, 0.1) is 0 Å². The van der Waals surface area contributed by atoms with Crippen LogP contribution in [0.1, 0.15) is 44.2 Å². The molecule has 4 heteroatoms. The van der Waals surface area contributed by atoms with Gasteiger partial charge >= 0.3 is 5.97 Å². The third kappa shape index (κ3) is 3.36. The van der Waals surface area contributed by atoms with Gasteiger partial charge in [-0.25, -0.2) is 0 Å². The van der Waals surface area contributed by atoms with Crippen molar-refractivity contribution in [2.45, 2.75) is 49.6 Å². The molecule has 1 aromatic rings. The van der Waals surface area contributed by atoms with Crippen LogP contribution in [0.15, 0.2) is 29.2 Å². The molecule has 0 aromatic heterocycles. The minimum absolute atomic E-state index is 0.394. The first-order valence-corrected chi connectivity index (χ1v) is 8.52. The van der Waals surface area contributed by atoms with Crippen LogP contribution in [0.25, 0.3) is 0 Å². The normalized spacial score (nSPS) is 21.6. The Morgan fingerprint density at radius 1 is 1.40 bits per heavy atom. The third-order valence-electron chi connectivity index (χ3n) is 4.14. The first kappa shape index (κ1) is 15.4. The number of benzene rings is 1. The molecular formula is C16H23NO2S. The minimum atomic E-state index is -0.734. The molecule has 110 valence electrons. The molecule has 2 unspecified atom stereocenters. The molecule has 2 atom stereocenters. The van der Waals surface area contributed by atoms with Crippen LogP contribution < -0.4 is 0 Å². The monoisotopic (exact) mass is 293 g/mol. The molecule has 0 spiro atoms. The highest BCUT2D eigenvalue weighted by atomic mass is 32.2. The highest BCUT2D eigenvalue weighted by Gasteiger charge is 2.33. The van der Waals surface area contributed by atoms with Crippen LogP contribution in [0, 0.1) is 0 Å². The Balaban J connectivity index is 2.27. The Hall–Kier alpha value is -1.00. The van der Waals surface area contributed by atoms with Crippen LogP contribution in [0.2, 0.25) is 0 Å². The van der Waals surface area contributed by atoms with Crippen molar-refractivity contribution in [3.63, 3.8) is 0 Å². The molecule has 1 heterocycles. The smallest absolute Gasteiger partial charge is 0.325 e. The molecule has 0 aliphatic carbocycles. The van der Waals surface area contributed by atoms with Gasteiger partial charge in [0.25, 0.3) is 0 Å². The van der Waals surface area contributed by atoms with E-state index in [4.69, 9.17) is 0 Å². The van der Waals surface area contributed by atoms with Gasteiger partial charge in [-0.1, -0.05) is 25.5 Å². The van der Waals surface area contributed by atoms with Crippen LogP contribution in [-0.4, -0.2) is 34.8 Å². The average molecular weight is 293 g/mol. The van der Waals surface area contributed by atoms with E-state index in [1.54, 1.807) is 11.8 Å². The fraction of sp³-hybridized carbons (Fsp3) is 0.562. The molecule has 1 N–H and O–H groups in total. The number of thioether (sulfide) groups is 1. The molecule has 0 amide bonds. The topological polar surface area (TPSA) is 40.5 Å². The molecule has 0 saturated carbocycles. The highest BCUT2D eigenvalue weighted by Crippen LogP contribution is 2.31. The predicted octanol–water partition coefficient (Wildman–Crippen LogP) is 3.80.